The van der Waals surface area contributed by atoms with Crippen molar-refractivity contribution in [3.05, 3.63) is 35.4 Å². The van der Waals surface area contributed by atoms with Crippen molar-refractivity contribution in [1.29, 1.82) is 0 Å². The molecule has 1 aliphatic rings. The Hall–Kier alpha value is 0.137. The van der Waals surface area contributed by atoms with E-state index in [1.807, 2.05) is 0 Å². The van der Waals surface area contributed by atoms with Crippen LogP contribution in [-0.4, -0.2) is 19.6 Å². The monoisotopic (exact) mass is 268 g/mol. The maximum atomic E-state index is 2.46. The highest BCUT2D eigenvalue weighted by molar-refractivity contribution is 8.19. The first-order valence-electron chi connectivity index (χ1n) is 5.87. The maximum absolute atomic E-state index is 2.46. The van der Waals surface area contributed by atoms with Crippen molar-refractivity contribution < 1.29 is 0 Å². The second-order valence-electron chi connectivity index (χ2n) is 5.51. The molecule has 1 heterocycles. The van der Waals surface area contributed by atoms with E-state index in [1.54, 1.807) is 11.1 Å². The Morgan fingerprint density at radius 2 is 1.75 bits per heavy atom. The Morgan fingerprint density at radius 3 is 2.38 bits per heavy atom. The number of thioether (sulfide) groups is 2. The molecule has 0 bridgehead atoms. The normalized spacial score (nSPS) is 17.9. The summed E-state index contributed by atoms with van der Waals surface area (Å²) in [6, 6.07) is 10.4. The third-order valence-electron chi connectivity index (χ3n) is 2.65. The van der Waals surface area contributed by atoms with E-state index in [1.165, 1.54) is 17.5 Å². The van der Waals surface area contributed by atoms with Gasteiger partial charge in [-0.1, -0.05) is 43.9 Å². The van der Waals surface area contributed by atoms with Crippen LogP contribution in [0.1, 0.15) is 15.7 Å². The number of rotatable bonds is 3. The molecule has 16 heavy (non-hydrogen) atoms. The highest BCUT2D eigenvalue weighted by atomic mass is 32.2. The highest BCUT2D eigenvalue weighted by Gasteiger charge is 2.23. The maximum Gasteiger partial charge on any atom is 0.0754 e. The molecule has 3 heteroatoms. The van der Waals surface area contributed by atoms with Crippen molar-refractivity contribution >= 4 is 31.6 Å². The summed E-state index contributed by atoms with van der Waals surface area (Å²) in [7, 11) is -0.999. The first-order chi connectivity index (χ1) is 7.56. The lowest BCUT2D eigenvalue weighted by Gasteiger charge is -2.20. The summed E-state index contributed by atoms with van der Waals surface area (Å²) in [6.45, 7) is 7.37. The van der Waals surface area contributed by atoms with Gasteiger partial charge < -0.3 is 0 Å². The van der Waals surface area contributed by atoms with Gasteiger partial charge in [-0.05, 0) is 17.2 Å². The summed E-state index contributed by atoms with van der Waals surface area (Å²) < 4.78 is 0.701. The topological polar surface area (TPSA) is 0 Å². The summed E-state index contributed by atoms with van der Waals surface area (Å²) in [6.07, 6.45) is 0. The van der Waals surface area contributed by atoms with Crippen LogP contribution in [0, 0.1) is 0 Å². The van der Waals surface area contributed by atoms with Crippen molar-refractivity contribution in [2.45, 2.75) is 30.3 Å². The molecule has 0 radical (unpaired) electrons. The molecular weight excluding hydrogens is 248 g/mol. The molecule has 0 aliphatic carbocycles. The molecule has 0 nitrogen and oxygen atoms in total. The van der Waals surface area contributed by atoms with Gasteiger partial charge in [-0.2, -0.15) is 0 Å². The van der Waals surface area contributed by atoms with Crippen LogP contribution < -0.4 is 0 Å². The SMILES string of the molecule is C[Si](C)(C)Cc1ccccc1C1SCCS1. The fourth-order valence-corrected chi connectivity index (χ4v) is 6.48. The minimum absolute atomic E-state index is 0.701. The molecule has 0 unspecified atom stereocenters. The van der Waals surface area contributed by atoms with Crippen molar-refractivity contribution in [3.63, 3.8) is 0 Å². The van der Waals surface area contributed by atoms with Gasteiger partial charge in [0.1, 0.15) is 0 Å². The zero-order chi connectivity index (χ0) is 11.6. The van der Waals surface area contributed by atoms with Crippen LogP contribution in [0.2, 0.25) is 19.6 Å². The van der Waals surface area contributed by atoms with E-state index in [0.717, 1.165) is 0 Å². The van der Waals surface area contributed by atoms with Crippen molar-refractivity contribution in [2.75, 3.05) is 11.5 Å². The zero-order valence-electron chi connectivity index (χ0n) is 10.3. The first kappa shape index (κ1) is 12.6. The standard InChI is InChI=1S/C13H20S2Si/c1-16(2,3)10-11-6-4-5-7-12(11)13-14-8-9-15-13/h4-7,13H,8-10H2,1-3H3. The smallest absolute Gasteiger partial charge is 0.0754 e. The van der Waals surface area contributed by atoms with E-state index in [0.29, 0.717) is 4.58 Å². The van der Waals surface area contributed by atoms with E-state index in [2.05, 4.69) is 67.4 Å². The Labute approximate surface area is 109 Å². The average molecular weight is 269 g/mol. The van der Waals surface area contributed by atoms with Gasteiger partial charge in [-0.3, -0.25) is 0 Å². The van der Waals surface area contributed by atoms with Crippen LogP contribution in [0.5, 0.6) is 0 Å². The van der Waals surface area contributed by atoms with Crippen LogP contribution in [-0.2, 0) is 6.04 Å². The van der Waals surface area contributed by atoms with Crippen LogP contribution in [0.25, 0.3) is 0 Å². The predicted octanol–water partition coefficient (Wildman–Crippen LogP) is 4.59. The molecule has 1 aromatic carbocycles. The molecule has 2 rings (SSSR count). The minimum atomic E-state index is -0.999. The van der Waals surface area contributed by atoms with Crippen LogP contribution >= 0.6 is 23.5 Å². The van der Waals surface area contributed by atoms with Crippen molar-refractivity contribution in [1.82, 2.24) is 0 Å². The second kappa shape index (κ2) is 5.19. The Bertz CT molecular complexity index is 351. The van der Waals surface area contributed by atoms with Gasteiger partial charge in [-0.25, -0.2) is 0 Å². The summed E-state index contributed by atoms with van der Waals surface area (Å²) in [5, 5.41) is 0. The van der Waals surface area contributed by atoms with Gasteiger partial charge in [0.05, 0.1) is 4.58 Å². The van der Waals surface area contributed by atoms with Gasteiger partial charge in [0.25, 0.3) is 0 Å². The Morgan fingerprint density at radius 1 is 1.12 bits per heavy atom. The molecule has 0 amide bonds. The lowest BCUT2D eigenvalue weighted by Crippen LogP contribution is -2.24. The third-order valence-corrected chi connectivity index (χ3v) is 7.16. The van der Waals surface area contributed by atoms with Crippen LogP contribution in [0.3, 0.4) is 0 Å². The first-order valence-corrected chi connectivity index (χ1v) is 11.7. The van der Waals surface area contributed by atoms with Crippen LogP contribution in [0.15, 0.2) is 24.3 Å². The largest absolute Gasteiger partial charge is 0.142 e. The summed E-state index contributed by atoms with van der Waals surface area (Å²) in [4.78, 5) is 0. The molecule has 1 aliphatic heterocycles. The van der Waals surface area contributed by atoms with E-state index in [4.69, 9.17) is 0 Å². The lowest BCUT2D eigenvalue weighted by atomic mass is 10.1. The van der Waals surface area contributed by atoms with Gasteiger partial charge >= 0.3 is 0 Å². The molecule has 0 atom stereocenters. The fraction of sp³-hybridized carbons (Fsp3) is 0.538. The van der Waals surface area contributed by atoms with Gasteiger partial charge in [0, 0.05) is 19.6 Å². The third kappa shape index (κ3) is 3.31. The minimum Gasteiger partial charge on any atom is -0.142 e. The van der Waals surface area contributed by atoms with Crippen molar-refractivity contribution in [3.8, 4) is 0 Å². The Kier molecular flexibility index (Phi) is 4.09. The van der Waals surface area contributed by atoms with E-state index in [-0.39, 0.29) is 0 Å². The number of hydrogen-bond acceptors (Lipinski definition) is 2. The summed E-state index contributed by atoms with van der Waals surface area (Å²) in [5.41, 5.74) is 3.20. The van der Waals surface area contributed by atoms with E-state index >= 15 is 0 Å². The molecule has 0 saturated carbocycles. The lowest BCUT2D eigenvalue weighted by molar-refractivity contribution is 1.22. The van der Waals surface area contributed by atoms with E-state index < -0.39 is 8.07 Å². The molecule has 1 saturated heterocycles. The van der Waals surface area contributed by atoms with Gasteiger partial charge in [0.15, 0.2) is 0 Å². The Balaban J connectivity index is 2.23. The fourth-order valence-electron chi connectivity index (χ4n) is 2.03. The molecule has 0 spiro atoms. The quantitative estimate of drug-likeness (QED) is 0.736. The zero-order valence-corrected chi connectivity index (χ0v) is 13.0. The molecule has 0 aromatic heterocycles. The van der Waals surface area contributed by atoms with Crippen LogP contribution in [0.4, 0.5) is 0 Å². The summed E-state index contributed by atoms with van der Waals surface area (Å²) >= 11 is 4.23. The van der Waals surface area contributed by atoms with E-state index in [9.17, 15) is 0 Å². The predicted molar refractivity (Wildman–Crippen MR) is 81.1 cm³/mol. The number of hydrogen-bond donors (Lipinski definition) is 0. The molecule has 88 valence electrons. The molecule has 1 aromatic rings. The number of benzene rings is 1. The van der Waals surface area contributed by atoms with Crippen molar-refractivity contribution in [2.24, 2.45) is 0 Å². The summed E-state index contributed by atoms with van der Waals surface area (Å²) in [5.74, 6) is 2.63. The molecule has 0 N–H and O–H groups in total. The molecular formula is C13H20S2Si. The van der Waals surface area contributed by atoms with Gasteiger partial charge in [0.2, 0.25) is 0 Å². The molecule has 1 fully saturated rings. The average Bonchev–Trinajstić information content (AvgIpc) is 2.69. The second-order valence-corrected chi connectivity index (χ2v) is 13.7. The van der Waals surface area contributed by atoms with Gasteiger partial charge in [-0.15, -0.1) is 23.5 Å². The highest BCUT2D eigenvalue weighted by Crippen LogP contribution is 2.46.